The van der Waals surface area contributed by atoms with Gasteiger partial charge in [-0.15, -0.1) is 0 Å². The summed E-state index contributed by atoms with van der Waals surface area (Å²) in [5, 5.41) is 4.63. The molecule has 2 aromatic rings. The molecule has 3 aliphatic rings. The summed E-state index contributed by atoms with van der Waals surface area (Å²) in [4.78, 5) is 0. The van der Waals surface area contributed by atoms with Crippen molar-refractivity contribution in [1.29, 1.82) is 0 Å². The van der Waals surface area contributed by atoms with Crippen molar-refractivity contribution in [3.05, 3.63) is 47.8 Å². The Hall–Kier alpha value is -1.57. The third-order valence-electron chi connectivity index (χ3n) is 5.19. The summed E-state index contributed by atoms with van der Waals surface area (Å²) in [6.45, 7) is 4.82. The number of para-hydroxylation sites is 1. The first kappa shape index (κ1) is 10.4. The van der Waals surface area contributed by atoms with Crippen molar-refractivity contribution in [3.8, 4) is 5.69 Å². The van der Waals surface area contributed by atoms with Crippen molar-refractivity contribution in [1.82, 2.24) is 9.78 Å². The molecule has 92 valence electrons. The van der Waals surface area contributed by atoms with E-state index < -0.39 is 0 Å². The number of benzene rings is 1. The zero-order valence-corrected chi connectivity index (χ0v) is 10.9. The fraction of sp³-hybridized carbons (Fsp3) is 0.438. The first-order chi connectivity index (χ1) is 8.68. The molecule has 3 aliphatic carbocycles. The number of rotatable bonds is 1. The average Bonchev–Trinajstić information content (AvgIpc) is 2.83. The molecule has 2 nitrogen and oxygen atoms in total. The Bertz CT molecular complexity index is 595. The van der Waals surface area contributed by atoms with Crippen LogP contribution in [0.3, 0.4) is 0 Å². The molecule has 0 spiro atoms. The van der Waals surface area contributed by atoms with E-state index in [1.54, 1.807) is 0 Å². The molecule has 2 bridgehead atoms. The molecule has 2 heteroatoms. The summed E-state index contributed by atoms with van der Waals surface area (Å²) >= 11 is 0. The van der Waals surface area contributed by atoms with Crippen molar-refractivity contribution >= 4 is 0 Å². The van der Waals surface area contributed by atoms with Crippen LogP contribution in [0.1, 0.15) is 37.4 Å². The van der Waals surface area contributed by atoms with Gasteiger partial charge in [0.2, 0.25) is 0 Å². The summed E-state index contributed by atoms with van der Waals surface area (Å²) < 4.78 is 2.14. The summed E-state index contributed by atoms with van der Waals surface area (Å²) in [5.74, 6) is 1.57. The third kappa shape index (κ3) is 1.16. The third-order valence-corrected chi connectivity index (χ3v) is 5.19. The van der Waals surface area contributed by atoms with Gasteiger partial charge in [-0.25, -0.2) is 4.68 Å². The second-order valence-electron chi connectivity index (χ2n) is 6.30. The van der Waals surface area contributed by atoms with Crippen LogP contribution in [0.25, 0.3) is 5.69 Å². The van der Waals surface area contributed by atoms with Crippen LogP contribution in [0.5, 0.6) is 0 Å². The normalized spacial score (nSPS) is 27.4. The molecule has 1 heterocycles. The summed E-state index contributed by atoms with van der Waals surface area (Å²) in [6.07, 6.45) is 4.65. The molecule has 1 aromatic heterocycles. The van der Waals surface area contributed by atoms with Crippen molar-refractivity contribution in [2.24, 2.45) is 11.3 Å². The van der Waals surface area contributed by atoms with Crippen LogP contribution in [-0.4, -0.2) is 9.78 Å². The predicted octanol–water partition coefficient (Wildman–Crippen LogP) is 3.56. The highest BCUT2D eigenvalue weighted by atomic mass is 15.3. The Morgan fingerprint density at radius 2 is 2.00 bits per heavy atom. The van der Waals surface area contributed by atoms with Gasteiger partial charge in [0.1, 0.15) is 0 Å². The van der Waals surface area contributed by atoms with E-state index in [-0.39, 0.29) is 0 Å². The molecule has 0 saturated heterocycles. The standard InChI is InChI=1S/C16H18N2/c1-16(2)11-8-14(16)13-10-17-18(15(13)9-11)12-6-4-3-5-7-12/h3-7,10-11,14H,8-9H2,1-2H3/t11-,14+/m1/s1. The van der Waals surface area contributed by atoms with Gasteiger partial charge in [0.15, 0.2) is 0 Å². The second-order valence-corrected chi connectivity index (χ2v) is 6.30. The van der Waals surface area contributed by atoms with E-state index in [1.807, 2.05) is 0 Å². The summed E-state index contributed by atoms with van der Waals surface area (Å²) in [6, 6.07) is 10.5. The molecule has 2 atom stereocenters. The maximum absolute atomic E-state index is 4.63. The van der Waals surface area contributed by atoms with Gasteiger partial charge in [0, 0.05) is 5.69 Å². The van der Waals surface area contributed by atoms with E-state index >= 15 is 0 Å². The van der Waals surface area contributed by atoms with Gasteiger partial charge in [-0.2, -0.15) is 5.10 Å². The van der Waals surface area contributed by atoms with Gasteiger partial charge in [-0.05, 0) is 47.8 Å². The molecule has 0 amide bonds. The molecular formula is C16H18N2. The van der Waals surface area contributed by atoms with Gasteiger partial charge in [0.25, 0.3) is 0 Å². The van der Waals surface area contributed by atoms with Crippen molar-refractivity contribution in [2.75, 3.05) is 0 Å². The number of hydrogen-bond donors (Lipinski definition) is 0. The van der Waals surface area contributed by atoms with Crippen LogP contribution >= 0.6 is 0 Å². The average molecular weight is 238 g/mol. The Labute approximate surface area is 108 Å². The van der Waals surface area contributed by atoms with Crippen LogP contribution in [0.4, 0.5) is 0 Å². The van der Waals surface area contributed by atoms with Crippen molar-refractivity contribution < 1.29 is 0 Å². The van der Waals surface area contributed by atoms with Gasteiger partial charge in [-0.3, -0.25) is 0 Å². The van der Waals surface area contributed by atoms with Crippen LogP contribution in [0, 0.1) is 11.3 Å². The van der Waals surface area contributed by atoms with E-state index in [9.17, 15) is 0 Å². The quantitative estimate of drug-likeness (QED) is 0.742. The lowest BCUT2D eigenvalue weighted by atomic mass is 9.48. The SMILES string of the molecule is CC1(C)[C@H]2Cc3c(cnn3-c3ccccc3)[C@@H]1C2. The Morgan fingerprint density at radius 1 is 1.22 bits per heavy atom. The van der Waals surface area contributed by atoms with Crippen LogP contribution in [0.15, 0.2) is 36.5 Å². The van der Waals surface area contributed by atoms with Gasteiger partial charge >= 0.3 is 0 Å². The largest absolute Gasteiger partial charge is 0.238 e. The zero-order valence-electron chi connectivity index (χ0n) is 10.9. The number of nitrogens with zero attached hydrogens (tertiary/aromatic N) is 2. The van der Waals surface area contributed by atoms with Gasteiger partial charge in [0.05, 0.1) is 11.9 Å². The zero-order chi connectivity index (χ0) is 12.3. The minimum absolute atomic E-state index is 0.484. The molecule has 0 aliphatic heterocycles. The smallest absolute Gasteiger partial charge is 0.0648 e. The van der Waals surface area contributed by atoms with E-state index in [0.29, 0.717) is 5.41 Å². The highest BCUT2D eigenvalue weighted by Crippen LogP contribution is 2.62. The first-order valence-electron chi connectivity index (χ1n) is 6.80. The molecule has 0 unspecified atom stereocenters. The Morgan fingerprint density at radius 3 is 2.72 bits per heavy atom. The molecule has 18 heavy (non-hydrogen) atoms. The molecule has 0 radical (unpaired) electrons. The van der Waals surface area contributed by atoms with Gasteiger partial charge in [-0.1, -0.05) is 32.0 Å². The van der Waals surface area contributed by atoms with Crippen LogP contribution < -0.4 is 0 Å². The Balaban J connectivity index is 1.83. The topological polar surface area (TPSA) is 17.8 Å². The Kier molecular flexibility index (Phi) is 1.87. The molecule has 1 saturated carbocycles. The van der Waals surface area contributed by atoms with Crippen LogP contribution in [-0.2, 0) is 6.42 Å². The highest BCUT2D eigenvalue weighted by Gasteiger charge is 2.53. The maximum Gasteiger partial charge on any atom is 0.0648 e. The molecule has 1 fully saturated rings. The monoisotopic (exact) mass is 238 g/mol. The predicted molar refractivity (Wildman–Crippen MR) is 71.9 cm³/mol. The fourth-order valence-electron chi connectivity index (χ4n) is 3.80. The summed E-state index contributed by atoms with van der Waals surface area (Å²) in [7, 11) is 0. The number of aromatic nitrogens is 2. The van der Waals surface area contributed by atoms with Crippen molar-refractivity contribution in [3.63, 3.8) is 0 Å². The summed E-state index contributed by atoms with van der Waals surface area (Å²) in [5.41, 5.74) is 4.61. The second kappa shape index (κ2) is 3.25. The van der Waals surface area contributed by atoms with Crippen molar-refractivity contribution in [2.45, 2.75) is 32.6 Å². The van der Waals surface area contributed by atoms with Gasteiger partial charge < -0.3 is 0 Å². The highest BCUT2D eigenvalue weighted by molar-refractivity contribution is 5.41. The maximum atomic E-state index is 4.63. The lowest BCUT2D eigenvalue weighted by molar-refractivity contribution is 0.0172. The van der Waals surface area contributed by atoms with E-state index in [4.69, 9.17) is 0 Å². The fourth-order valence-corrected chi connectivity index (χ4v) is 3.80. The lowest BCUT2D eigenvalue weighted by Gasteiger charge is -2.56. The minimum atomic E-state index is 0.484. The van der Waals surface area contributed by atoms with E-state index in [1.165, 1.54) is 29.8 Å². The molecular weight excluding hydrogens is 220 g/mol. The molecule has 1 aromatic carbocycles. The minimum Gasteiger partial charge on any atom is -0.238 e. The molecule has 5 rings (SSSR count). The number of hydrogen-bond acceptors (Lipinski definition) is 1. The van der Waals surface area contributed by atoms with Crippen LogP contribution in [0.2, 0.25) is 0 Å². The van der Waals surface area contributed by atoms with E-state index in [0.717, 1.165) is 11.8 Å². The molecule has 0 N–H and O–H groups in total. The van der Waals surface area contributed by atoms with E-state index in [2.05, 4.69) is 60.2 Å². The lowest BCUT2D eigenvalue weighted by Crippen LogP contribution is -2.48. The first-order valence-corrected chi connectivity index (χ1v) is 6.80.